The molecule has 0 atom stereocenters. The number of halogens is 4. The minimum absolute atomic E-state index is 0.144. The summed E-state index contributed by atoms with van der Waals surface area (Å²) in [4.78, 5) is 3.53. The first-order valence-corrected chi connectivity index (χ1v) is 16.6. The van der Waals surface area contributed by atoms with Crippen LogP contribution in [0.1, 0.15) is 76.3 Å². The summed E-state index contributed by atoms with van der Waals surface area (Å²) >= 11 is 2.51. The molecule has 0 spiro atoms. The van der Waals surface area contributed by atoms with Crippen molar-refractivity contribution in [3.05, 3.63) is 69.0 Å². The van der Waals surface area contributed by atoms with E-state index in [9.17, 15) is 0 Å². The van der Waals surface area contributed by atoms with Crippen LogP contribution in [0.4, 0.5) is 17.6 Å². The van der Waals surface area contributed by atoms with E-state index in [1.54, 1.807) is 12.1 Å². The summed E-state index contributed by atoms with van der Waals surface area (Å²) in [5.74, 6) is -5.28. The van der Waals surface area contributed by atoms with Crippen molar-refractivity contribution in [1.29, 1.82) is 0 Å². The van der Waals surface area contributed by atoms with Gasteiger partial charge >= 0.3 is 199 Å². The molecular weight excluding hydrogens is 579 g/mol. The average Bonchev–Trinajstić information content (AvgIpc) is 3.65. The molecule has 3 aromatic heterocycles. The van der Waals surface area contributed by atoms with Gasteiger partial charge in [0.05, 0.1) is 0 Å². The standard InChI is InChI=1S/C30H32F4S2Se/c1-3-5-7-9-12-19-16-21(35-18-19)24-26(31)28(33)25(29(34)27(24)32)22-17-20(13-10-8-6-4-2)30(36-22)23-14-11-15-37-23/h11,14-18H,3-10,12-13H2,1-2H3. The third kappa shape index (κ3) is 6.50. The summed E-state index contributed by atoms with van der Waals surface area (Å²) in [7, 11) is 0. The van der Waals surface area contributed by atoms with Gasteiger partial charge in [-0.25, -0.2) is 0 Å². The molecule has 0 amide bonds. The van der Waals surface area contributed by atoms with Crippen molar-refractivity contribution >= 4 is 37.2 Å². The van der Waals surface area contributed by atoms with Crippen LogP contribution in [-0.4, -0.2) is 14.5 Å². The molecule has 1 aromatic carbocycles. The molecule has 198 valence electrons. The van der Waals surface area contributed by atoms with E-state index in [4.69, 9.17) is 0 Å². The minimum atomic E-state index is -1.32. The Kier molecular flexibility index (Phi) is 10.3. The topological polar surface area (TPSA) is 0 Å². The predicted octanol–water partition coefficient (Wildman–Crippen LogP) is 10.7. The zero-order valence-corrected chi connectivity index (χ0v) is 24.6. The van der Waals surface area contributed by atoms with Crippen LogP contribution in [-0.2, 0) is 12.8 Å². The maximum absolute atomic E-state index is 15.4. The molecule has 0 nitrogen and oxygen atoms in total. The Morgan fingerprint density at radius 2 is 1.35 bits per heavy atom. The van der Waals surface area contributed by atoms with Crippen LogP contribution >= 0.6 is 22.7 Å². The van der Waals surface area contributed by atoms with E-state index in [2.05, 4.69) is 18.8 Å². The van der Waals surface area contributed by atoms with E-state index in [1.807, 2.05) is 17.5 Å². The zero-order chi connectivity index (χ0) is 26.4. The fourth-order valence-corrected chi connectivity index (χ4v) is 8.68. The number of hydrogen-bond acceptors (Lipinski definition) is 2. The predicted molar refractivity (Wildman–Crippen MR) is 151 cm³/mol. The Balaban J connectivity index is 1.69. The SMILES string of the molecule is CCCCCCc1csc(-c2c(F)c(F)c(-c3cc(CCCCCC)c(-c4ccc[se]4)s3)c(F)c2F)c1. The first-order chi connectivity index (χ1) is 18.0. The van der Waals surface area contributed by atoms with Gasteiger partial charge in [-0.2, -0.15) is 0 Å². The first kappa shape index (κ1) is 28.4. The van der Waals surface area contributed by atoms with Crippen molar-refractivity contribution in [2.45, 2.75) is 78.1 Å². The Hall–Kier alpha value is -1.66. The van der Waals surface area contributed by atoms with E-state index >= 15 is 17.6 Å². The Bertz CT molecular complexity index is 1270. The summed E-state index contributed by atoms with van der Waals surface area (Å²) in [6.45, 7) is 4.28. The molecule has 0 radical (unpaired) electrons. The van der Waals surface area contributed by atoms with Crippen molar-refractivity contribution in [2.75, 3.05) is 0 Å². The molecule has 0 N–H and O–H groups in total. The van der Waals surface area contributed by atoms with Crippen molar-refractivity contribution in [3.8, 4) is 30.2 Å². The summed E-state index contributed by atoms with van der Waals surface area (Å²) in [6.07, 6.45) is 10.2. The molecule has 7 heteroatoms. The van der Waals surface area contributed by atoms with E-state index < -0.39 is 34.4 Å². The third-order valence-corrected chi connectivity index (χ3v) is 11.0. The van der Waals surface area contributed by atoms with Gasteiger partial charge in [0.2, 0.25) is 0 Å². The van der Waals surface area contributed by atoms with Crippen LogP contribution in [0.15, 0.2) is 34.6 Å². The van der Waals surface area contributed by atoms with Gasteiger partial charge < -0.3 is 0 Å². The van der Waals surface area contributed by atoms with Gasteiger partial charge in [-0.15, -0.1) is 0 Å². The molecular formula is C30H32F4S2Se. The van der Waals surface area contributed by atoms with E-state index in [0.29, 0.717) is 0 Å². The zero-order valence-electron chi connectivity index (χ0n) is 21.3. The molecule has 3 heterocycles. The van der Waals surface area contributed by atoms with Gasteiger partial charge in [-0.1, -0.05) is 26.2 Å². The van der Waals surface area contributed by atoms with Gasteiger partial charge in [0.1, 0.15) is 0 Å². The van der Waals surface area contributed by atoms with Gasteiger partial charge in [0.25, 0.3) is 0 Å². The first-order valence-electron chi connectivity index (χ1n) is 13.1. The van der Waals surface area contributed by atoms with Gasteiger partial charge in [0.15, 0.2) is 0 Å². The Morgan fingerprint density at radius 3 is 1.95 bits per heavy atom. The summed E-state index contributed by atoms with van der Waals surface area (Å²) < 4.78 is 62.7. The number of thiophene rings is 2. The number of rotatable bonds is 13. The number of aryl methyl sites for hydroxylation is 2. The molecule has 0 bridgehead atoms. The normalized spacial score (nSPS) is 11.5. The van der Waals surface area contributed by atoms with Gasteiger partial charge in [-0.05, 0) is 6.42 Å². The molecule has 0 unspecified atom stereocenters. The Morgan fingerprint density at radius 1 is 0.730 bits per heavy atom. The molecule has 0 saturated carbocycles. The van der Waals surface area contributed by atoms with Crippen molar-refractivity contribution in [2.24, 2.45) is 0 Å². The van der Waals surface area contributed by atoms with E-state index in [-0.39, 0.29) is 24.3 Å². The summed E-state index contributed by atoms with van der Waals surface area (Å²) in [5.41, 5.74) is 0.740. The quantitative estimate of drug-likeness (QED) is 0.0611. The van der Waals surface area contributed by atoms with E-state index in [1.165, 1.54) is 11.3 Å². The second kappa shape index (κ2) is 13.4. The number of benzene rings is 1. The molecule has 4 aromatic rings. The summed E-state index contributed by atoms with van der Waals surface area (Å²) in [5, 5.41) is 1.82. The summed E-state index contributed by atoms with van der Waals surface area (Å²) in [6, 6.07) is 7.42. The molecule has 37 heavy (non-hydrogen) atoms. The van der Waals surface area contributed by atoms with Crippen LogP contribution in [0.25, 0.3) is 30.2 Å². The molecule has 0 aliphatic rings. The van der Waals surface area contributed by atoms with E-state index in [0.717, 1.165) is 96.0 Å². The second-order valence-corrected chi connectivity index (χ2v) is 13.3. The molecule has 0 saturated heterocycles. The fourth-order valence-electron chi connectivity index (χ4n) is 4.55. The maximum atomic E-state index is 15.4. The monoisotopic (exact) mass is 612 g/mol. The average molecular weight is 612 g/mol. The van der Waals surface area contributed by atoms with Gasteiger partial charge in [-0.3, -0.25) is 0 Å². The van der Waals surface area contributed by atoms with Gasteiger partial charge in [0, 0.05) is 0 Å². The van der Waals surface area contributed by atoms with Crippen LogP contribution in [0.2, 0.25) is 0 Å². The molecule has 0 aliphatic carbocycles. The van der Waals surface area contributed by atoms with Crippen molar-refractivity contribution in [1.82, 2.24) is 0 Å². The van der Waals surface area contributed by atoms with Crippen LogP contribution in [0.5, 0.6) is 0 Å². The molecule has 0 aliphatic heterocycles. The Labute approximate surface area is 231 Å². The number of hydrogen-bond donors (Lipinski definition) is 0. The van der Waals surface area contributed by atoms with Crippen LogP contribution in [0.3, 0.4) is 0 Å². The van der Waals surface area contributed by atoms with Crippen molar-refractivity contribution in [3.63, 3.8) is 0 Å². The van der Waals surface area contributed by atoms with Crippen molar-refractivity contribution < 1.29 is 17.6 Å². The third-order valence-electron chi connectivity index (χ3n) is 6.58. The number of unbranched alkanes of at least 4 members (excludes halogenated alkanes) is 6. The molecule has 0 fully saturated rings. The second-order valence-electron chi connectivity index (χ2n) is 9.39. The van der Waals surface area contributed by atoms with Crippen LogP contribution < -0.4 is 0 Å². The fraction of sp³-hybridized carbons (Fsp3) is 0.400. The molecule has 4 rings (SSSR count). The van der Waals surface area contributed by atoms with Crippen LogP contribution in [0, 0.1) is 23.3 Å².